The highest BCUT2D eigenvalue weighted by atomic mass is 35.5. The van der Waals surface area contributed by atoms with E-state index in [2.05, 4.69) is 15.3 Å². The van der Waals surface area contributed by atoms with Crippen molar-refractivity contribution in [3.8, 4) is 6.07 Å². The number of hydrogen-bond donors (Lipinski definition) is 1. The maximum atomic E-state index is 12.2. The van der Waals surface area contributed by atoms with Crippen molar-refractivity contribution in [3.63, 3.8) is 0 Å². The van der Waals surface area contributed by atoms with Gasteiger partial charge in [-0.3, -0.25) is 4.79 Å². The maximum absolute atomic E-state index is 12.2. The molecule has 0 spiro atoms. The number of thioether (sulfide) groups is 1. The number of aromatic nitrogens is 2. The van der Waals surface area contributed by atoms with Crippen LogP contribution in [0.2, 0.25) is 5.02 Å². The molecule has 0 unspecified atom stereocenters. The zero-order valence-electron chi connectivity index (χ0n) is 13.3. The fourth-order valence-electron chi connectivity index (χ4n) is 1.73. The minimum atomic E-state index is -1.06. The monoisotopic (exact) mass is 376 g/mol. The molecule has 128 valence electrons. The Labute approximate surface area is 153 Å². The smallest absolute Gasteiger partial charge is 0.359 e. The van der Waals surface area contributed by atoms with Gasteiger partial charge in [0, 0.05) is 5.69 Å². The highest BCUT2D eigenvalue weighted by Crippen LogP contribution is 2.18. The zero-order valence-corrected chi connectivity index (χ0v) is 14.9. The standard InChI is InChI=1S/C16H13ClN4O3S/c1-9(14(22)20-11-5-3-10(7-18)4-6-11)24-15(23)13-12(17)8-19-16(21-13)25-2/h3-6,8-9H,1-2H3,(H,20,22)/t9-/m0/s1. The van der Waals surface area contributed by atoms with Gasteiger partial charge in [-0.1, -0.05) is 23.4 Å². The lowest BCUT2D eigenvalue weighted by Gasteiger charge is -2.14. The summed E-state index contributed by atoms with van der Waals surface area (Å²) in [6, 6.07) is 8.27. The molecule has 1 atom stereocenters. The number of carbonyl (C=O) groups is 2. The molecule has 9 heteroatoms. The first kappa shape index (κ1) is 18.7. The van der Waals surface area contributed by atoms with E-state index in [1.807, 2.05) is 6.07 Å². The fourth-order valence-corrected chi connectivity index (χ4v) is 2.24. The van der Waals surface area contributed by atoms with Crippen LogP contribution < -0.4 is 5.32 Å². The summed E-state index contributed by atoms with van der Waals surface area (Å²) in [6.07, 6.45) is 2.00. The molecule has 1 heterocycles. The van der Waals surface area contributed by atoms with Crippen LogP contribution in [0, 0.1) is 11.3 Å². The van der Waals surface area contributed by atoms with Gasteiger partial charge in [0.2, 0.25) is 0 Å². The van der Waals surface area contributed by atoms with Crippen molar-refractivity contribution in [1.29, 1.82) is 5.26 Å². The molecule has 25 heavy (non-hydrogen) atoms. The van der Waals surface area contributed by atoms with Gasteiger partial charge in [-0.15, -0.1) is 0 Å². The van der Waals surface area contributed by atoms with Gasteiger partial charge in [0.1, 0.15) is 0 Å². The Morgan fingerprint density at radius 2 is 2.04 bits per heavy atom. The van der Waals surface area contributed by atoms with Crippen LogP contribution in [0.5, 0.6) is 0 Å². The summed E-state index contributed by atoms with van der Waals surface area (Å²) >= 11 is 7.16. The number of esters is 1. The third-order valence-corrected chi connectivity index (χ3v) is 3.87. The van der Waals surface area contributed by atoms with Gasteiger partial charge in [-0.25, -0.2) is 14.8 Å². The molecule has 0 aliphatic carbocycles. The summed E-state index contributed by atoms with van der Waals surface area (Å²) in [5.74, 6) is -1.33. The molecule has 2 aromatic rings. The number of nitriles is 1. The van der Waals surface area contributed by atoms with Crippen molar-refractivity contribution in [2.24, 2.45) is 0 Å². The Balaban J connectivity index is 2.02. The van der Waals surface area contributed by atoms with Gasteiger partial charge in [-0.05, 0) is 37.4 Å². The lowest BCUT2D eigenvalue weighted by Crippen LogP contribution is -2.30. The van der Waals surface area contributed by atoms with Crippen molar-refractivity contribution >= 4 is 40.9 Å². The number of nitrogens with zero attached hydrogens (tertiary/aromatic N) is 3. The van der Waals surface area contributed by atoms with Crippen LogP contribution in [-0.4, -0.2) is 34.2 Å². The number of hydrogen-bond acceptors (Lipinski definition) is 7. The van der Waals surface area contributed by atoms with Crippen LogP contribution in [0.4, 0.5) is 5.69 Å². The van der Waals surface area contributed by atoms with E-state index in [0.717, 1.165) is 0 Å². The van der Waals surface area contributed by atoms with Crippen LogP contribution in [0.25, 0.3) is 0 Å². The van der Waals surface area contributed by atoms with Crippen molar-refractivity contribution < 1.29 is 14.3 Å². The van der Waals surface area contributed by atoms with Crippen LogP contribution >= 0.6 is 23.4 Å². The highest BCUT2D eigenvalue weighted by Gasteiger charge is 2.22. The molecule has 1 N–H and O–H groups in total. The minimum absolute atomic E-state index is 0.0440. The average molecular weight is 377 g/mol. The number of amides is 1. The van der Waals surface area contributed by atoms with E-state index in [0.29, 0.717) is 16.4 Å². The Kier molecular flexibility index (Phi) is 6.33. The minimum Gasteiger partial charge on any atom is -0.448 e. The first-order valence-corrected chi connectivity index (χ1v) is 8.63. The topological polar surface area (TPSA) is 105 Å². The summed E-state index contributed by atoms with van der Waals surface area (Å²) in [7, 11) is 0. The number of nitrogens with one attached hydrogen (secondary N) is 1. The Morgan fingerprint density at radius 1 is 1.36 bits per heavy atom. The van der Waals surface area contributed by atoms with Crippen molar-refractivity contribution in [3.05, 3.63) is 46.7 Å². The van der Waals surface area contributed by atoms with Crippen LogP contribution in [-0.2, 0) is 9.53 Å². The summed E-state index contributed by atoms with van der Waals surface area (Å²) in [4.78, 5) is 32.2. The van der Waals surface area contributed by atoms with E-state index in [1.165, 1.54) is 24.9 Å². The first-order chi connectivity index (χ1) is 11.9. The van der Waals surface area contributed by atoms with E-state index < -0.39 is 18.0 Å². The SMILES string of the molecule is CSc1ncc(Cl)c(C(=O)O[C@@H](C)C(=O)Nc2ccc(C#N)cc2)n1. The Hall–Kier alpha value is -2.63. The molecule has 2 rings (SSSR count). The quantitative estimate of drug-likeness (QED) is 0.486. The van der Waals surface area contributed by atoms with E-state index in [1.54, 1.807) is 30.5 Å². The van der Waals surface area contributed by atoms with E-state index in [9.17, 15) is 9.59 Å². The molecule has 0 saturated carbocycles. The first-order valence-electron chi connectivity index (χ1n) is 7.03. The van der Waals surface area contributed by atoms with E-state index in [4.69, 9.17) is 21.6 Å². The fraction of sp³-hybridized carbons (Fsp3) is 0.188. The summed E-state index contributed by atoms with van der Waals surface area (Å²) in [5.41, 5.74) is 0.858. The lowest BCUT2D eigenvalue weighted by molar-refractivity contribution is -0.123. The van der Waals surface area contributed by atoms with Gasteiger partial charge in [0.05, 0.1) is 22.9 Å². The third kappa shape index (κ3) is 4.92. The summed E-state index contributed by atoms with van der Waals surface area (Å²) in [5, 5.41) is 11.8. The largest absolute Gasteiger partial charge is 0.448 e. The molecular weight excluding hydrogens is 364 g/mol. The maximum Gasteiger partial charge on any atom is 0.359 e. The predicted molar refractivity (Wildman–Crippen MR) is 93.5 cm³/mol. The van der Waals surface area contributed by atoms with E-state index in [-0.39, 0.29) is 10.7 Å². The van der Waals surface area contributed by atoms with Crippen LogP contribution in [0.15, 0.2) is 35.6 Å². The van der Waals surface area contributed by atoms with E-state index >= 15 is 0 Å². The molecule has 0 bridgehead atoms. The van der Waals surface area contributed by atoms with Crippen molar-refractivity contribution in [1.82, 2.24) is 9.97 Å². The second-order valence-electron chi connectivity index (χ2n) is 4.78. The number of ether oxygens (including phenoxy) is 1. The number of benzene rings is 1. The van der Waals surface area contributed by atoms with Gasteiger partial charge in [0.15, 0.2) is 17.0 Å². The second kappa shape index (κ2) is 8.46. The molecule has 0 fully saturated rings. The number of carbonyl (C=O) groups excluding carboxylic acids is 2. The van der Waals surface area contributed by atoms with Crippen LogP contribution in [0.1, 0.15) is 23.0 Å². The van der Waals surface area contributed by atoms with Gasteiger partial charge in [0.25, 0.3) is 5.91 Å². The summed E-state index contributed by atoms with van der Waals surface area (Å²) < 4.78 is 5.11. The molecule has 7 nitrogen and oxygen atoms in total. The molecule has 0 aliphatic rings. The number of rotatable bonds is 5. The lowest BCUT2D eigenvalue weighted by atomic mass is 10.2. The van der Waals surface area contributed by atoms with Gasteiger partial charge >= 0.3 is 5.97 Å². The van der Waals surface area contributed by atoms with Crippen LogP contribution in [0.3, 0.4) is 0 Å². The number of anilines is 1. The molecule has 1 aromatic heterocycles. The molecule has 1 aromatic carbocycles. The highest BCUT2D eigenvalue weighted by molar-refractivity contribution is 7.98. The molecule has 1 amide bonds. The van der Waals surface area contributed by atoms with Gasteiger partial charge in [-0.2, -0.15) is 5.26 Å². The molecule has 0 radical (unpaired) electrons. The normalized spacial score (nSPS) is 11.3. The second-order valence-corrected chi connectivity index (χ2v) is 5.96. The van der Waals surface area contributed by atoms with Crippen molar-refractivity contribution in [2.45, 2.75) is 18.2 Å². The van der Waals surface area contributed by atoms with Crippen molar-refractivity contribution in [2.75, 3.05) is 11.6 Å². The Morgan fingerprint density at radius 3 is 2.64 bits per heavy atom. The molecule has 0 saturated heterocycles. The third-order valence-electron chi connectivity index (χ3n) is 3.03. The molecular formula is C16H13ClN4O3S. The molecule has 0 aliphatic heterocycles. The van der Waals surface area contributed by atoms with Gasteiger partial charge < -0.3 is 10.1 Å². The average Bonchev–Trinajstić information content (AvgIpc) is 2.62. The zero-order chi connectivity index (χ0) is 18.4. The number of halogens is 1. The predicted octanol–water partition coefficient (Wildman–Crippen LogP) is 2.91. The Bertz CT molecular complexity index is 836. The summed E-state index contributed by atoms with van der Waals surface area (Å²) in [6.45, 7) is 1.43.